The molecule has 0 bridgehead atoms. The van der Waals surface area contributed by atoms with Crippen molar-refractivity contribution in [1.29, 1.82) is 0 Å². The molecular formula is C11H19N3O. The Morgan fingerprint density at radius 1 is 1.53 bits per heavy atom. The minimum atomic E-state index is 0.0662. The number of ether oxygens (including phenoxy) is 1. The van der Waals surface area contributed by atoms with Crippen LogP contribution in [0.3, 0.4) is 0 Å². The summed E-state index contributed by atoms with van der Waals surface area (Å²) in [5.74, 6) is 0.529. The van der Waals surface area contributed by atoms with E-state index in [4.69, 9.17) is 10.5 Å². The number of hydrogen-bond donors (Lipinski definition) is 1. The van der Waals surface area contributed by atoms with Gasteiger partial charge in [-0.05, 0) is 19.8 Å². The summed E-state index contributed by atoms with van der Waals surface area (Å²) < 4.78 is 7.23. The SMILES string of the molecule is C[C@@H](N)c1cn(C)nc1C1CCOCC1. The lowest BCUT2D eigenvalue weighted by Crippen LogP contribution is -2.17. The molecule has 0 amide bonds. The second kappa shape index (κ2) is 4.33. The first kappa shape index (κ1) is 10.6. The quantitative estimate of drug-likeness (QED) is 0.799. The summed E-state index contributed by atoms with van der Waals surface area (Å²) in [5.41, 5.74) is 8.31. The van der Waals surface area contributed by atoms with E-state index in [1.54, 1.807) is 0 Å². The number of nitrogens with two attached hydrogens (primary N) is 1. The van der Waals surface area contributed by atoms with Crippen LogP contribution in [0.15, 0.2) is 6.20 Å². The normalized spacial score (nSPS) is 20.5. The standard InChI is InChI=1S/C11H19N3O/c1-8(12)10-7-14(2)13-11(10)9-3-5-15-6-4-9/h7-9H,3-6,12H2,1-2H3/t8-/m1/s1. The molecule has 0 radical (unpaired) electrons. The maximum atomic E-state index is 5.95. The largest absolute Gasteiger partial charge is 0.381 e. The summed E-state index contributed by atoms with van der Waals surface area (Å²) in [6.45, 7) is 3.71. The third-order valence-electron chi connectivity index (χ3n) is 2.99. The molecule has 1 fully saturated rings. The maximum absolute atomic E-state index is 5.95. The van der Waals surface area contributed by atoms with Crippen LogP contribution >= 0.6 is 0 Å². The van der Waals surface area contributed by atoms with E-state index in [2.05, 4.69) is 5.10 Å². The predicted molar refractivity (Wildman–Crippen MR) is 58.6 cm³/mol. The molecule has 0 unspecified atom stereocenters. The Balaban J connectivity index is 2.25. The predicted octanol–water partition coefficient (Wildman–Crippen LogP) is 1.33. The van der Waals surface area contributed by atoms with E-state index in [0.717, 1.165) is 26.1 Å². The molecule has 4 heteroatoms. The van der Waals surface area contributed by atoms with Crippen LogP contribution in [-0.2, 0) is 11.8 Å². The van der Waals surface area contributed by atoms with Gasteiger partial charge >= 0.3 is 0 Å². The van der Waals surface area contributed by atoms with Crippen molar-refractivity contribution in [3.05, 3.63) is 17.5 Å². The highest BCUT2D eigenvalue weighted by atomic mass is 16.5. The summed E-state index contributed by atoms with van der Waals surface area (Å²) >= 11 is 0. The van der Waals surface area contributed by atoms with Gasteiger partial charge in [-0.25, -0.2) is 0 Å². The molecular weight excluding hydrogens is 190 g/mol. The minimum Gasteiger partial charge on any atom is -0.381 e. The highest BCUT2D eigenvalue weighted by molar-refractivity contribution is 5.24. The minimum absolute atomic E-state index is 0.0662. The number of aromatic nitrogens is 2. The molecule has 2 N–H and O–H groups in total. The van der Waals surface area contributed by atoms with Crippen molar-refractivity contribution >= 4 is 0 Å². The summed E-state index contributed by atoms with van der Waals surface area (Å²) in [6.07, 6.45) is 4.17. The molecule has 1 aliphatic rings. The zero-order valence-electron chi connectivity index (χ0n) is 9.44. The van der Waals surface area contributed by atoms with Crippen LogP contribution in [0.1, 0.15) is 43.0 Å². The number of nitrogens with zero attached hydrogens (tertiary/aromatic N) is 2. The molecule has 1 aromatic heterocycles. The number of hydrogen-bond acceptors (Lipinski definition) is 3. The average Bonchev–Trinajstić information content (AvgIpc) is 2.62. The van der Waals surface area contributed by atoms with Crippen LogP contribution in [0, 0.1) is 0 Å². The van der Waals surface area contributed by atoms with Gasteiger partial charge in [0, 0.05) is 44.0 Å². The van der Waals surface area contributed by atoms with E-state index in [1.807, 2.05) is 24.9 Å². The second-order valence-corrected chi connectivity index (χ2v) is 4.32. The fourth-order valence-corrected chi connectivity index (χ4v) is 2.16. The molecule has 15 heavy (non-hydrogen) atoms. The third-order valence-corrected chi connectivity index (χ3v) is 2.99. The van der Waals surface area contributed by atoms with Crippen LogP contribution < -0.4 is 5.73 Å². The van der Waals surface area contributed by atoms with Crippen molar-refractivity contribution in [3.8, 4) is 0 Å². The molecule has 1 aliphatic heterocycles. The smallest absolute Gasteiger partial charge is 0.0704 e. The van der Waals surface area contributed by atoms with Gasteiger partial charge in [0.2, 0.25) is 0 Å². The molecule has 2 heterocycles. The second-order valence-electron chi connectivity index (χ2n) is 4.32. The molecule has 1 aromatic rings. The molecule has 0 aliphatic carbocycles. The van der Waals surface area contributed by atoms with Crippen molar-refractivity contribution in [2.24, 2.45) is 12.8 Å². The fourth-order valence-electron chi connectivity index (χ4n) is 2.16. The van der Waals surface area contributed by atoms with Crippen molar-refractivity contribution in [2.45, 2.75) is 31.7 Å². The van der Waals surface area contributed by atoms with E-state index in [-0.39, 0.29) is 6.04 Å². The lowest BCUT2D eigenvalue weighted by Gasteiger charge is -2.22. The van der Waals surface area contributed by atoms with Crippen LogP contribution in [0.5, 0.6) is 0 Å². The summed E-state index contributed by atoms with van der Waals surface area (Å²) in [7, 11) is 1.95. The van der Waals surface area contributed by atoms with Gasteiger partial charge in [0.15, 0.2) is 0 Å². The lowest BCUT2D eigenvalue weighted by atomic mass is 9.92. The Hall–Kier alpha value is -0.870. The van der Waals surface area contributed by atoms with Gasteiger partial charge in [-0.1, -0.05) is 0 Å². The van der Waals surface area contributed by atoms with E-state index in [0.29, 0.717) is 5.92 Å². The zero-order chi connectivity index (χ0) is 10.8. The summed E-state index contributed by atoms with van der Waals surface area (Å²) in [4.78, 5) is 0. The van der Waals surface area contributed by atoms with Crippen molar-refractivity contribution < 1.29 is 4.74 Å². The van der Waals surface area contributed by atoms with Crippen molar-refractivity contribution in [2.75, 3.05) is 13.2 Å². The van der Waals surface area contributed by atoms with Crippen LogP contribution in [0.4, 0.5) is 0 Å². The lowest BCUT2D eigenvalue weighted by molar-refractivity contribution is 0.0841. The Kier molecular flexibility index (Phi) is 3.07. The molecule has 0 aromatic carbocycles. The molecule has 2 rings (SSSR count). The van der Waals surface area contributed by atoms with E-state index >= 15 is 0 Å². The third kappa shape index (κ3) is 2.21. The Morgan fingerprint density at radius 2 is 2.20 bits per heavy atom. The van der Waals surface area contributed by atoms with E-state index in [1.165, 1.54) is 11.3 Å². The first-order valence-corrected chi connectivity index (χ1v) is 5.55. The molecule has 0 saturated carbocycles. The monoisotopic (exact) mass is 209 g/mol. The molecule has 84 valence electrons. The van der Waals surface area contributed by atoms with Crippen LogP contribution in [-0.4, -0.2) is 23.0 Å². The van der Waals surface area contributed by atoms with E-state index < -0.39 is 0 Å². The molecule has 1 atom stereocenters. The van der Waals surface area contributed by atoms with Gasteiger partial charge in [-0.3, -0.25) is 4.68 Å². The average molecular weight is 209 g/mol. The van der Waals surface area contributed by atoms with E-state index in [9.17, 15) is 0 Å². The number of aryl methyl sites for hydroxylation is 1. The van der Waals surface area contributed by atoms with Gasteiger partial charge in [-0.15, -0.1) is 0 Å². The zero-order valence-corrected chi connectivity index (χ0v) is 9.44. The fraction of sp³-hybridized carbons (Fsp3) is 0.727. The van der Waals surface area contributed by atoms with Gasteiger partial charge < -0.3 is 10.5 Å². The molecule has 0 spiro atoms. The first-order valence-electron chi connectivity index (χ1n) is 5.55. The first-order chi connectivity index (χ1) is 7.18. The number of rotatable bonds is 2. The van der Waals surface area contributed by atoms with Crippen LogP contribution in [0.25, 0.3) is 0 Å². The summed E-state index contributed by atoms with van der Waals surface area (Å²) in [6, 6.07) is 0.0662. The molecule has 4 nitrogen and oxygen atoms in total. The van der Waals surface area contributed by atoms with Gasteiger partial charge in [0.05, 0.1) is 5.69 Å². The van der Waals surface area contributed by atoms with Gasteiger partial charge in [-0.2, -0.15) is 5.10 Å². The van der Waals surface area contributed by atoms with Gasteiger partial charge in [0.25, 0.3) is 0 Å². The Morgan fingerprint density at radius 3 is 2.80 bits per heavy atom. The molecule has 1 saturated heterocycles. The van der Waals surface area contributed by atoms with Crippen LogP contribution in [0.2, 0.25) is 0 Å². The highest BCUT2D eigenvalue weighted by Gasteiger charge is 2.23. The Labute approximate surface area is 90.4 Å². The van der Waals surface area contributed by atoms with Crippen molar-refractivity contribution in [3.63, 3.8) is 0 Å². The van der Waals surface area contributed by atoms with Crippen molar-refractivity contribution in [1.82, 2.24) is 9.78 Å². The topological polar surface area (TPSA) is 53.1 Å². The maximum Gasteiger partial charge on any atom is 0.0704 e. The van der Waals surface area contributed by atoms with Gasteiger partial charge in [0.1, 0.15) is 0 Å². The summed E-state index contributed by atoms with van der Waals surface area (Å²) in [5, 5.41) is 4.54. The highest BCUT2D eigenvalue weighted by Crippen LogP contribution is 2.30. The Bertz CT molecular complexity index is 327.